The van der Waals surface area contributed by atoms with Crippen LogP contribution in [-0.4, -0.2) is 27.5 Å². The third-order valence-electron chi connectivity index (χ3n) is 6.37. The van der Waals surface area contributed by atoms with E-state index in [4.69, 9.17) is 4.74 Å². The number of imidazole rings is 1. The molecule has 2 amide bonds. The molecular weight excluding hydrogens is 432 g/mol. The zero-order chi connectivity index (χ0) is 23.7. The molecule has 0 bridgehead atoms. The lowest BCUT2D eigenvalue weighted by molar-refractivity contribution is -0.128. The molecule has 1 unspecified atom stereocenters. The van der Waals surface area contributed by atoms with Gasteiger partial charge in [0.2, 0.25) is 0 Å². The number of rotatable bonds is 5. The van der Waals surface area contributed by atoms with Gasteiger partial charge in [-0.3, -0.25) is 25.0 Å². The monoisotopic (exact) mass is 458 g/mol. The van der Waals surface area contributed by atoms with Crippen LogP contribution in [0.15, 0.2) is 65.5 Å². The number of carbonyl (C=O) groups is 2. The first-order valence-electron chi connectivity index (χ1n) is 11.5. The van der Waals surface area contributed by atoms with Crippen molar-refractivity contribution in [2.75, 3.05) is 0 Å². The van der Waals surface area contributed by atoms with E-state index in [0.717, 1.165) is 42.0 Å². The van der Waals surface area contributed by atoms with E-state index in [2.05, 4.69) is 15.8 Å². The van der Waals surface area contributed by atoms with E-state index in [9.17, 15) is 14.4 Å². The van der Waals surface area contributed by atoms with Crippen LogP contribution >= 0.6 is 0 Å². The Bertz CT molecular complexity index is 1430. The van der Waals surface area contributed by atoms with Crippen molar-refractivity contribution < 1.29 is 14.3 Å². The van der Waals surface area contributed by atoms with Crippen LogP contribution in [0.2, 0.25) is 0 Å². The number of hydrogen-bond donors (Lipinski definition) is 3. The highest BCUT2D eigenvalue weighted by molar-refractivity contribution is 5.98. The highest BCUT2D eigenvalue weighted by atomic mass is 16.5. The zero-order valence-corrected chi connectivity index (χ0v) is 18.8. The summed E-state index contributed by atoms with van der Waals surface area (Å²) in [5, 5.41) is 2.09. The van der Waals surface area contributed by atoms with Crippen molar-refractivity contribution in [3.05, 3.63) is 76.7 Å². The predicted octanol–water partition coefficient (Wildman–Crippen LogP) is 3.83. The maximum atomic E-state index is 12.6. The second kappa shape index (κ2) is 9.05. The number of aromatic nitrogens is 2. The smallest absolute Gasteiger partial charge is 0.326 e. The topological polar surface area (TPSA) is 105 Å². The SMILES string of the molecule is CC(Oc1ccc2ccccc2c1)C(=O)NNC(=O)c1ccc2c(c1)[nH]c(=O)n2C1CCCC1. The van der Waals surface area contributed by atoms with Gasteiger partial charge in [-0.1, -0.05) is 43.2 Å². The van der Waals surface area contributed by atoms with Crippen LogP contribution < -0.4 is 21.3 Å². The number of carbonyl (C=O) groups excluding carboxylic acids is 2. The fourth-order valence-electron chi connectivity index (χ4n) is 4.59. The minimum absolute atomic E-state index is 0.160. The molecule has 0 radical (unpaired) electrons. The molecule has 1 atom stereocenters. The van der Waals surface area contributed by atoms with E-state index >= 15 is 0 Å². The molecule has 1 fully saturated rings. The molecule has 8 heteroatoms. The van der Waals surface area contributed by atoms with Crippen molar-refractivity contribution in [2.24, 2.45) is 0 Å². The number of benzene rings is 3. The van der Waals surface area contributed by atoms with Gasteiger partial charge in [-0.2, -0.15) is 0 Å². The number of nitrogens with zero attached hydrogens (tertiary/aromatic N) is 1. The first kappa shape index (κ1) is 21.8. The van der Waals surface area contributed by atoms with Crippen molar-refractivity contribution in [3.8, 4) is 5.75 Å². The van der Waals surface area contributed by atoms with E-state index in [0.29, 0.717) is 16.8 Å². The summed E-state index contributed by atoms with van der Waals surface area (Å²) in [6.07, 6.45) is 3.39. The van der Waals surface area contributed by atoms with Crippen molar-refractivity contribution in [2.45, 2.75) is 44.8 Å². The molecule has 1 aliphatic carbocycles. The standard InChI is InChI=1S/C26H26N4O4/c1-16(34-21-12-10-17-6-2-3-7-18(17)14-21)24(31)28-29-25(32)19-11-13-23-22(15-19)27-26(33)30(23)20-8-4-5-9-20/h2-3,6-7,10-16,20H,4-5,8-9H2,1H3,(H,27,33)(H,28,31)(H,29,32). The summed E-state index contributed by atoms with van der Waals surface area (Å²) in [6.45, 7) is 1.61. The van der Waals surface area contributed by atoms with Gasteiger partial charge in [0.05, 0.1) is 11.0 Å². The predicted molar refractivity (Wildman–Crippen MR) is 130 cm³/mol. The molecule has 1 aliphatic rings. The fraction of sp³-hybridized carbons (Fsp3) is 0.269. The lowest BCUT2D eigenvalue weighted by Crippen LogP contribution is -2.47. The average Bonchev–Trinajstić information content (AvgIpc) is 3.48. The summed E-state index contributed by atoms with van der Waals surface area (Å²) in [7, 11) is 0. The third-order valence-corrected chi connectivity index (χ3v) is 6.37. The summed E-state index contributed by atoms with van der Waals surface area (Å²) in [4.78, 5) is 40.4. The van der Waals surface area contributed by atoms with E-state index < -0.39 is 17.9 Å². The Kier molecular flexibility index (Phi) is 5.79. The molecule has 34 heavy (non-hydrogen) atoms. The van der Waals surface area contributed by atoms with Crippen molar-refractivity contribution in [3.63, 3.8) is 0 Å². The summed E-state index contributed by atoms with van der Waals surface area (Å²) in [5.41, 5.74) is 6.38. The molecule has 0 spiro atoms. The first-order chi connectivity index (χ1) is 16.5. The van der Waals surface area contributed by atoms with Crippen LogP contribution in [0.5, 0.6) is 5.75 Å². The maximum Gasteiger partial charge on any atom is 0.326 e. The van der Waals surface area contributed by atoms with Gasteiger partial charge in [-0.25, -0.2) is 4.79 Å². The normalized spacial score (nSPS) is 14.9. The lowest BCUT2D eigenvalue weighted by Gasteiger charge is -2.15. The molecule has 3 N–H and O–H groups in total. The Morgan fingerprint density at radius 2 is 1.76 bits per heavy atom. The number of hydrogen-bond acceptors (Lipinski definition) is 4. The number of ether oxygens (including phenoxy) is 1. The van der Waals surface area contributed by atoms with Crippen molar-refractivity contribution in [1.29, 1.82) is 0 Å². The number of amides is 2. The molecule has 5 rings (SSSR count). The lowest BCUT2D eigenvalue weighted by atomic mass is 10.1. The molecular formula is C26H26N4O4. The fourth-order valence-corrected chi connectivity index (χ4v) is 4.59. The van der Waals surface area contributed by atoms with E-state index in [1.807, 2.05) is 36.4 Å². The Labute approximate surface area is 195 Å². The summed E-state index contributed by atoms with van der Waals surface area (Å²) in [6, 6.07) is 18.7. The molecule has 1 saturated carbocycles. The highest BCUT2D eigenvalue weighted by Gasteiger charge is 2.22. The molecule has 0 saturated heterocycles. The number of hydrazine groups is 1. The van der Waals surface area contributed by atoms with Crippen LogP contribution in [0.4, 0.5) is 0 Å². The number of H-pyrrole nitrogens is 1. The van der Waals surface area contributed by atoms with Gasteiger partial charge in [0, 0.05) is 11.6 Å². The number of aromatic amines is 1. The minimum Gasteiger partial charge on any atom is -0.481 e. The molecule has 1 aromatic heterocycles. The number of nitrogens with one attached hydrogen (secondary N) is 3. The third kappa shape index (κ3) is 4.26. The molecule has 174 valence electrons. The van der Waals surface area contributed by atoms with Crippen LogP contribution in [0.25, 0.3) is 21.8 Å². The highest BCUT2D eigenvalue weighted by Crippen LogP contribution is 2.30. The van der Waals surface area contributed by atoms with E-state index in [1.54, 1.807) is 35.8 Å². The van der Waals surface area contributed by atoms with Gasteiger partial charge >= 0.3 is 5.69 Å². The Morgan fingerprint density at radius 3 is 2.56 bits per heavy atom. The van der Waals surface area contributed by atoms with Crippen LogP contribution in [0.3, 0.4) is 0 Å². The largest absolute Gasteiger partial charge is 0.481 e. The molecule has 1 heterocycles. The molecule has 8 nitrogen and oxygen atoms in total. The molecule has 0 aliphatic heterocycles. The van der Waals surface area contributed by atoms with Gasteiger partial charge in [0.25, 0.3) is 11.8 Å². The summed E-state index contributed by atoms with van der Waals surface area (Å²) < 4.78 is 7.53. The second-order valence-electron chi connectivity index (χ2n) is 8.68. The van der Waals surface area contributed by atoms with Gasteiger partial charge in [-0.05, 0) is 60.9 Å². The average molecular weight is 459 g/mol. The van der Waals surface area contributed by atoms with Crippen LogP contribution in [0.1, 0.15) is 49.0 Å². The van der Waals surface area contributed by atoms with E-state index in [-0.39, 0.29) is 11.7 Å². The first-order valence-corrected chi connectivity index (χ1v) is 11.5. The quantitative estimate of drug-likeness (QED) is 0.395. The van der Waals surface area contributed by atoms with E-state index in [1.165, 1.54) is 0 Å². The number of fused-ring (bicyclic) bond motifs is 2. The van der Waals surface area contributed by atoms with Gasteiger partial charge in [-0.15, -0.1) is 0 Å². The van der Waals surface area contributed by atoms with Gasteiger partial charge in [0.1, 0.15) is 5.75 Å². The molecule has 3 aromatic carbocycles. The van der Waals surface area contributed by atoms with Crippen molar-refractivity contribution >= 4 is 33.6 Å². The molecule has 4 aromatic rings. The Hall–Kier alpha value is -4.07. The Morgan fingerprint density at radius 1 is 1.00 bits per heavy atom. The summed E-state index contributed by atoms with van der Waals surface area (Å²) >= 11 is 0. The zero-order valence-electron chi connectivity index (χ0n) is 18.8. The van der Waals surface area contributed by atoms with Gasteiger partial charge in [0.15, 0.2) is 6.10 Å². The van der Waals surface area contributed by atoms with Crippen LogP contribution in [0, 0.1) is 0 Å². The minimum atomic E-state index is -0.819. The second-order valence-corrected chi connectivity index (χ2v) is 8.68. The summed E-state index contributed by atoms with van der Waals surface area (Å²) in [5.74, 6) is -0.403. The van der Waals surface area contributed by atoms with Crippen molar-refractivity contribution in [1.82, 2.24) is 20.4 Å². The maximum absolute atomic E-state index is 12.6. The van der Waals surface area contributed by atoms with Gasteiger partial charge < -0.3 is 9.72 Å². The van der Waals surface area contributed by atoms with Crippen LogP contribution in [-0.2, 0) is 4.79 Å². The Balaban J connectivity index is 1.22.